The monoisotopic (exact) mass is 393 g/mol. The number of anilines is 2. The van der Waals surface area contributed by atoms with Gasteiger partial charge in [0.15, 0.2) is 5.75 Å². The molecular formula is C20H23N7O2. The number of hydrogen-bond acceptors (Lipinski definition) is 8. The summed E-state index contributed by atoms with van der Waals surface area (Å²) >= 11 is 0. The van der Waals surface area contributed by atoms with E-state index in [1.165, 1.54) is 11.7 Å². The van der Waals surface area contributed by atoms with Crippen LogP contribution in [0.25, 0.3) is 5.69 Å². The van der Waals surface area contributed by atoms with Crippen LogP contribution in [0.3, 0.4) is 0 Å². The van der Waals surface area contributed by atoms with Crippen LogP contribution < -0.4 is 20.9 Å². The molecule has 4 rings (SSSR count). The number of nitrogens with one attached hydrogen (secondary N) is 2. The van der Waals surface area contributed by atoms with E-state index in [0.29, 0.717) is 29.5 Å². The van der Waals surface area contributed by atoms with Crippen molar-refractivity contribution in [2.75, 3.05) is 17.7 Å². The van der Waals surface area contributed by atoms with E-state index in [1.807, 2.05) is 19.1 Å². The topological polar surface area (TPSA) is 107 Å². The van der Waals surface area contributed by atoms with Gasteiger partial charge in [-0.05, 0) is 50.5 Å². The lowest BCUT2D eigenvalue weighted by Crippen LogP contribution is -2.22. The fourth-order valence-electron chi connectivity index (χ4n) is 3.48. The molecule has 2 atom stereocenters. The largest absolute Gasteiger partial charge is 0.491 e. The Morgan fingerprint density at radius 2 is 1.90 bits per heavy atom. The molecule has 2 N–H and O–H groups in total. The van der Waals surface area contributed by atoms with Crippen molar-refractivity contribution in [3.8, 4) is 11.4 Å². The summed E-state index contributed by atoms with van der Waals surface area (Å²) in [6, 6.07) is 7.77. The third-order valence-electron chi connectivity index (χ3n) is 4.95. The first kappa shape index (κ1) is 18.9. The molecule has 150 valence electrons. The maximum atomic E-state index is 12.3. The van der Waals surface area contributed by atoms with Crippen LogP contribution in [0.2, 0.25) is 0 Å². The summed E-state index contributed by atoms with van der Waals surface area (Å²) in [5.41, 5.74) is 1.27. The summed E-state index contributed by atoms with van der Waals surface area (Å²) in [6.45, 7) is 1.86. The Labute approximate surface area is 168 Å². The zero-order chi connectivity index (χ0) is 20.2. The summed E-state index contributed by atoms with van der Waals surface area (Å²) in [6.07, 6.45) is 8.07. The van der Waals surface area contributed by atoms with Crippen LogP contribution in [-0.2, 0) is 0 Å². The first-order valence-corrected chi connectivity index (χ1v) is 9.54. The normalized spacial score (nSPS) is 18.4. The standard InChI is InChI=1S/C20H23N7O2/c1-13-11-22-20(26-25-13)24-15-6-5-14(10-15)23-18-8-7-16(12-21-18)27-9-3-4-17(29-2)19(27)28/h3-4,7-9,11-12,14-15H,5-6,10H2,1-2H3,(H,21,23)(H,22,24,26)/t14-,15-/m0/s1. The Bertz CT molecular complexity index is 1020. The summed E-state index contributed by atoms with van der Waals surface area (Å²) in [7, 11) is 1.48. The van der Waals surface area contributed by atoms with E-state index < -0.39 is 0 Å². The lowest BCUT2D eigenvalue weighted by atomic mass is 10.2. The molecule has 1 saturated carbocycles. The van der Waals surface area contributed by atoms with Gasteiger partial charge in [0.1, 0.15) is 5.82 Å². The molecule has 0 radical (unpaired) electrons. The van der Waals surface area contributed by atoms with Gasteiger partial charge < -0.3 is 15.4 Å². The van der Waals surface area contributed by atoms with Crippen molar-refractivity contribution < 1.29 is 4.74 Å². The quantitative estimate of drug-likeness (QED) is 0.656. The molecule has 3 aromatic rings. The molecule has 1 fully saturated rings. The first-order valence-electron chi connectivity index (χ1n) is 9.54. The van der Waals surface area contributed by atoms with Gasteiger partial charge in [-0.25, -0.2) is 9.97 Å². The average Bonchev–Trinajstić information content (AvgIpc) is 3.17. The van der Waals surface area contributed by atoms with Crippen molar-refractivity contribution in [3.05, 3.63) is 58.9 Å². The number of ether oxygens (including phenoxy) is 1. The molecule has 0 saturated heterocycles. The van der Waals surface area contributed by atoms with E-state index in [4.69, 9.17) is 4.74 Å². The van der Waals surface area contributed by atoms with Gasteiger partial charge in [-0.1, -0.05) is 0 Å². The predicted octanol–water partition coefficient (Wildman–Crippen LogP) is 2.18. The first-order chi connectivity index (χ1) is 14.1. The van der Waals surface area contributed by atoms with E-state index in [2.05, 4.69) is 30.8 Å². The van der Waals surface area contributed by atoms with Crippen molar-refractivity contribution in [3.63, 3.8) is 0 Å². The molecule has 29 heavy (non-hydrogen) atoms. The maximum Gasteiger partial charge on any atom is 0.297 e. The SMILES string of the molecule is COc1cccn(-c2ccc(N[C@H]3CC[C@H](Nc4ncc(C)nn4)C3)nc2)c1=O. The van der Waals surface area contributed by atoms with E-state index in [9.17, 15) is 4.79 Å². The summed E-state index contributed by atoms with van der Waals surface area (Å²) in [4.78, 5) is 21.1. The van der Waals surface area contributed by atoms with E-state index in [0.717, 1.165) is 30.8 Å². The van der Waals surface area contributed by atoms with Crippen LogP contribution in [0.5, 0.6) is 5.75 Å². The molecule has 0 unspecified atom stereocenters. The fraction of sp³-hybridized carbons (Fsp3) is 0.350. The Morgan fingerprint density at radius 1 is 1.07 bits per heavy atom. The van der Waals surface area contributed by atoms with Crippen molar-refractivity contribution in [1.82, 2.24) is 24.7 Å². The van der Waals surface area contributed by atoms with Crippen molar-refractivity contribution in [1.29, 1.82) is 0 Å². The smallest absolute Gasteiger partial charge is 0.297 e. The van der Waals surface area contributed by atoms with Gasteiger partial charge in [0.25, 0.3) is 5.56 Å². The van der Waals surface area contributed by atoms with Gasteiger partial charge in [-0.2, -0.15) is 5.10 Å². The number of methoxy groups -OCH3 is 1. The van der Waals surface area contributed by atoms with Crippen molar-refractivity contribution in [2.45, 2.75) is 38.3 Å². The Hall–Kier alpha value is -3.49. The molecule has 3 aromatic heterocycles. The zero-order valence-electron chi connectivity index (χ0n) is 16.4. The molecule has 0 amide bonds. The number of pyridine rings is 2. The van der Waals surface area contributed by atoms with Crippen LogP contribution in [-0.4, -0.2) is 43.9 Å². The second-order valence-corrected chi connectivity index (χ2v) is 7.07. The maximum absolute atomic E-state index is 12.3. The number of rotatable bonds is 6. The van der Waals surface area contributed by atoms with Gasteiger partial charge in [-0.3, -0.25) is 9.36 Å². The Balaban J connectivity index is 1.37. The summed E-state index contributed by atoms with van der Waals surface area (Å²) < 4.78 is 6.61. The molecule has 0 spiro atoms. The highest BCUT2D eigenvalue weighted by molar-refractivity contribution is 5.42. The molecule has 0 bridgehead atoms. The van der Waals surface area contributed by atoms with Gasteiger partial charge in [-0.15, -0.1) is 5.10 Å². The highest BCUT2D eigenvalue weighted by atomic mass is 16.5. The second kappa shape index (κ2) is 8.26. The Morgan fingerprint density at radius 3 is 2.59 bits per heavy atom. The third-order valence-corrected chi connectivity index (χ3v) is 4.95. The van der Waals surface area contributed by atoms with Gasteiger partial charge in [0, 0.05) is 18.3 Å². The number of nitrogens with zero attached hydrogens (tertiary/aromatic N) is 5. The Kier molecular flexibility index (Phi) is 5.37. The average molecular weight is 393 g/mol. The summed E-state index contributed by atoms with van der Waals surface area (Å²) in [5.74, 6) is 1.64. The number of hydrogen-bond donors (Lipinski definition) is 2. The molecule has 0 aliphatic heterocycles. The zero-order valence-corrected chi connectivity index (χ0v) is 16.4. The van der Waals surface area contributed by atoms with Crippen LogP contribution in [0.1, 0.15) is 25.0 Å². The van der Waals surface area contributed by atoms with Crippen LogP contribution in [0.4, 0.5) is 11.8 Å². The lowest BCUT2D eigenvalue weighted by molar-refractivity contribution is 0.406. The molecule has 1 aliphatic rings. The molecular weight excluding hydrogens is 370 g/mol. The molecule has 9 heteroatoms. The molecule has 1 aliphatic carbocycles. The van der Waals surface area contributed by atoms with E-state index in [-0.39, 0.29) is 5.56 Å². The minimum absolute atomic E-state index is 0.213. The summed E-state index contributed by atoms with van der Waals surface area (Å²) in [5, 5.41) is 14.9. The predicted molar refractivity (Wildman–Crippen MR) is 110 cm³/mol. The molecule has 9 nitrogen and oxygen atoms in total. The van der Waals surface area contributed by atoms with Gasteiger partial charge >= 0.3 is 0 Å². The van der Waals surface area contributed by atoms with Crippen molar-refractivity contribution in [2.24, 2.45) is 0 Å². The van der Waals surface area contributed by atoms with Crippen LogP contribution in [0, 0.1) is 6.92 Å². The lowest BCUT2D eigenvalue weighted by Gasteiger charge is -2.15. The number of aromatic nitrogens is 5. The third kappa shape index (κ3) is 4.34. The van der Waals surface area contributed by atoms with Crippen molar-refractivity contribution >= 4 is 11.8 Å². The molecule has 0 aromatic carbocycles. The van der Waals surface area contributed by atoms with E-state index in [1.54, 1.807) is 30.7 Å². The second-order valence-electron chi connectivity index (χ2n) is 7.07. The highest BCUT2D eigenvalue weighted by Gasteiger charge is 2.25. The van der Waals surface area contributed by atoms with E-state index >= 15 is 0 Å². The number of aryl methyl sites for hydroxylation is 1. The molecule has 3 heterocycles. The minimum atomic E-state index is -0.213. The van der Waals surface area contributed by atoms with Gasteiger partial charge in [0.05, 0.1) is 30.9 Å². The minimum Gasteiger partial charge on any atom is -0.491 e. The van der Waals surface area contributed by atoms with Gasteiger partial charge in [0.2, 0.25) is 5.95 Å². The van der Waals surface area contributed by atoms with Crippen LogP contribution in [0.15, 0.2) is 47.7 Å². The fourth-order valence-corrected chi connectivity index (χ4v) is 3.48. The highest BCUT2D eigenvalue weighted by Crippen LogP contribution is 2.24. The van der Waals surface area contributed by atoms with Crippen LogP contribution >= 0.6 is 0 Å².